The first-order chi connectivity index (χ1) is 19.1. The molecule has 3 heterocycles. The lowest BCUT2D eigenvalue weighted by Crippen LogP contribution is -2.48. The first-order valence-electron chi connectivity index (χ1n) is 13.1. The van der Waals surface area contributed by atoms with Gasteiger partial charge >= 0.3 is 0 Å². The van der Waals surface area contributed by atoms with E-state index in [0.29, 0.717) is 31.6 Å². The fourth-order valence-electron chi connectivity index (χ4n) is 5.09. The number of hydrogen-bond donors (Lipinski definition) is 2. The first kappa shape index (κ1) is 25.5. The predicted molar refractivity (Wildman–Crippen MR) is 148 cm³/mol. The van der Waals surface area contributed by atoms with Crippen LogP contribution in [0, 0.1) is 0 Å². The summed E-state index contributed by atoms with van der Waals surface area (Å²) >= 11 is 5.99. The number of piperazine rings is 1. The van der Waals surface area contributed by atoms with Crippen LogP contribution in [0.4, 0.5) is 11.8 Å². The molecule has 1 fully saturated rings. The molecule has 0 unspecified atom stereocenters. The summed E-state index contributed by atoms with van der Waals surface area (Å²) in [5.74, 6) is 2.66. The summed E-state index contributed by atoms with van der Waals surface area (Å²) in [6, 6.07) is 13.9. The molecular weight excluding hydrogens is 518 g/mol. The lowest BCUT2D eigenvalue weighted by Gasteiger charge is -2.37. The molecule has 202 valence electrons. The second-order valence-electron chi connectivity index (χ2n) is 9.68. The standard InChI is InChI=1S/C27H30ClN9O2/c28-20-4-1-18(2-5-20)16-39-21-6-8-22-19(15-21)3-7-23-25(22)30-27(29)31-26(23)37-11-9-36(10-12-37)13-14-38-17-24-32-34-35-33-24/h1-2,4-6,8,15H,3,7,9-14,16-17H2,(H2,29,30,31)(H,32,33,34,35). The van der Waals surface area contributed by atoms with E-state index in [1.54, 1.807) is 0 Å². The van der Waals surface area contributed by atoms with Crippen LogP contribution >= 0.6 is 11.6 Å². The maximum atomic E-state index is 6.22. The molecule has 0 spiro atoms. The van der Waals surface area contributed by atoms with Gasteiger partial charge in [-0.15, -0.1) is 10.2 Å². The minimum Gasteiger partial charge on any atom is -0.489 e. The zero-order chi connectivity index (χ0) is 26.6. The molecule has 11 nitrogen and oxygen atoms in total. The average Bonchev–Trinajstić information content (AvgIpc) is 3.48. The highest BCUT2D eigenvalue weighted by atomic mass is 35.5. The third-order valence-corrected chi connectivity index (χ3v) is 7.39. The highest BCUT2D eigenvalue weighted by Crippen LogP contribution is 2.38. The van der Waals surface area contributed by atoms with Gasteiger partial charge in [0.15, 0.2) is 5.82 Å². The molecule has 3 N–H and O–H groups in total. The van der Waals surface area contributed by atoms with Crippen molar-refractivity contribution in [2.24, 2.45) is 0 Å². The molecule has 1 saturated heterocycles. The van der Waals surface area contributed by atoms with E-state index in [1.165, 1.54) is 11.1 Å². The number of nitrogens with two attached hydrogens (primary N) is 1. The van der Waals surface area contributed by atoms with Gasteiger partial charge in [0.05, 0.1) is 12.3 Å². The number of ether oxygens (including phenoxy) is 2. The minimum absolute atomic E-state index is 0.303. The number of aromatic amines is 1. The molecule has 0 atom stereocenters. The van der Waals surface area contributed by atoms with Crippen LogP contribution < -0.4 is 15.4 Å². The zero-order valence-electron chi connectivity index (χ0n) is 21.5. The van der Waals surface area contributed by atoms with Crippen molar-refractivity contribution in [1.29, 1.82) is 0 Å². The molecule has 0 saturated carbocycles. The first-order valence-corrected chi connectivity index (χ1v) is 13.4. The number of rotatable bonds is 9. The van der Waals surface area contributed by atoms with Gasteiger partial charge in [-0.2, -0.15) is 10.2 Å². The van der Waals surface area contributed by atoms with E-state index < -0.39 is 0 Å². The summed E-state index contributed by atoms with van der Waals surface area (Å²) in [6.45, 7) is 5.92. The lowest BCUT2D eigenvalue weighted by molar-refractivity contribution is 0.0867. The van der Waals surface area contributed by atoms with E-state index in [1.807, 2.05) is 30.3 Å². The molecule has 6 rings (SSSR count). The number of tetrazole rings is 1. The predicted octanol–water partition coefficient (Wildman–Crippen LogP) is 2.91. The molecule has 4 aromatic rings. The molecule has 0 amide bonds. The second-order valence-corrected chi connectivity index (χ2v) is 10.1. The van der Waals surface area contributed by atoms with Crippen molar-refractivity contribution in [3.05, 3.63) is 70.0 Å². The number of aromatic nitrogens is 6. The van der Waals surface area contributed by atoms with Crippen LogP contribution in [0.3, 0.4) is 0 Å². The highest BCUT2D eigenvalue weighted by molar-refractivity contribution is 6.30. The van der Waals surface area contributed by atoms with Crippen LogP contribution in [0.5, 0.6) is 5.75 Å². The van der Waals surface area contributed by atoms with Crippen LogP contribution in [0.1, 0.15) is 22.5 Å². The number of H-pyrrole nitrogens is 1. The van der Waals surface area contributed by atoms with Crippen molar-refractivity contribution in [1.82, 2.24) is 35.5 Å². The van der Waals surface area contributed by atoms with Gasteiger partial charge < -0.3 is 20.1 Å². The van der Waals surface area contributed by atoms with Crippen molar-refractivity contribution in [3.63, 3.8) is 0 Å². The van der Waals surface area contributed by atoms with Gasteiger partial charge in [0.1, 0.15) is 24.8 Å². The van der Waals surface area contributed by atoms with E-state index in [9.17, 15) is 0 Å². The fraction of sp³-hybridized carbons (Fsp3) is 0.370. The van der Waals surface area contributed by atoms with Crippen LogP contribution in [0.15, 0.2) is 42.5 Å². The van der Waals surface area contributed by atoms with E-state index in [4.69, 9.17) is 31.8 Å². The van der Waals surface area contributed by atoms with Crippen molar-refractivity contribution in [2.75, 3.05) is 50.0 Å². The average molecular weight is 548 g/mol. The number of anilines is 2. The Morgan fingerprint density at radius 3 is 2.62 bits per heavy atom. The number of benzene rings is 2. The quantitative estimate of drug-likeness (QED) is 0.301. The topological polar surface area (TPSA) is 131 Å². The minimum atomic E-state index is 0.303. The fourth-order valence-corrected chi connectivity index (χ4v) is 5.22. The maximum absolute atomic E-state index is 6.22. The number of hydrogen-bond acceptors (Lipinski definition) is 10. The number of nitrogens with zero attached hydrogens (tertiary/aromatic N) is 7. The molecule has 0 bridgehead atoms. The molecule has 12 heteroatoms. The van der Waals surface area contributed by atoms with Gasteiger partial charge in [-0.1, -0.05) is 28.9 Å². The summed E-state index contributed by atoms with van der Waals surface area (Å²) < 4.78 is 11.7. The van der Waals surface area contributed by atoms with E-state index >= 15 is 0 Å². The Labute approximate surface area is 231 Å². The second kappa shape index (κ2) is 11.5. The largest absolute Gasteiger partial charge is 0.489 e. The van der Waals surface area contributed by atoms with Crippen molar-refractivity contribution < 1.29 is 9.47 Å². The van der Waals surface area contributed by atoms with E-state index in [2.05, 4.69) is 47.5 Å². The molecule has 2 aliphatic rings. The van der Waals surface area contributed by atoms with E-state index in [0.717, 1.165) is 79.0 Å². The lowest BCUT2D eigenvalue weighted by atomic mass is 9.88. The Morgan fingerprint density at radius 2 is 1.82 bits per heavy atom. The normalized spacial score (nSPS) is 15.2. The number of nitrogen functional groups attached to an aromatic ring is 1. The molecule has 39 heavy (non-hydrogen) atoms. The van der Waals surface area contributed by atoms with Crippen molar-refractivity contribution in [3.8, 4) is 17.0 Å². The molecular formula is C27H30ClN9O2. The zero-order valence-corrected chi connectivity index (χ0v) is 22.3. The van der Waals surface area contributed by atoms with Crippen molar-refractivity contribution in [2.45, 2.75) is 26.1 Å². The molecule has 2 aromatic heterocycles. The summed E-state index contributed by atoms with van der Waals surface area (Å²) in [7, 11) is 0. The molecule has 0 radical (unpaired) electrons. The Balaban J connectivity index is 1.09. The summed E-state index contributed by atoms with van der Waals surface area (Å²) in [5.41, 5.74) is 11.7. The van der Waals surface area contributed by atoms with Crippen LogP contribution in [0.2, 0.25) is 5.02 Å². The molecule has 1 aliphatic carbocycles. The van der Waals surface area contributed by atoms with Gasteiger partial charge in [-0.25, -0.2) is 4.98 Å². The third-order valence-electron chi connectivity index (χ3n) is 7.14. The highest BCUT2D eigenvalue weighted by Gasteiger charge is 2.27. The van der Waals surface area contributed by atoms with Crippen LogP contribution in [0.25, 0.3) is 11.3 Å². The summed E-state index contributed by atoms with van der Waals surface area (Å²) in [6.07, 6.45) is 1.77. The number of fused-ring (bicyclic) bond motifs is 3. The maximum Gasteiger partial charge on any atom is 0.222 e. The number of nitrogens with one attached hydrogen (secondary N) is 1. The van der Waals surface area contributed by atoms with Crippen molar-refractivity contribution >= 4 is 23.4 Å². The van der Waals surface area contributed by atoms with Gasteiger partial charge in [-0.05, 0) is 54.3 Å². The SMILES string of the molecule is Nc1nc2c(c(N3CCN(CCOCc4nn[nH]n4)CC3)n1)CCc1cc(OCc3ccc(Cl)cc3)ccc1-2. The molecule has 2 aromatic carbocycles. The van der Waals surface area contributed by atoms with Gasteiger partial charge in [0.25, 0.3) is 0 Å². The Hall–Kier alpha value is -3.80. The van der Waals surface area contributed by atoms with Gasteiger partial charge in [-0.3, -0.25) is 4.90 Å². The smallest absolute Gasteiger partial charge is 0.222 e. The number of aryl methyl sites for hydroxylation is 1. The summed E-state index contributed by atoms with van der Waals surface area (Å²) in [5, 5.41) is 14.5. The Kier molecular flexibility index (Phi) is 7.53. The monoisotopic (exact) mass is 547 g/mol. The molecule has 1 aliphatic heterocycles. The summed E-state index contributed by atoms with van der Waals surface area (Å²) in [4.78, 5) is 14.1. The van der Waals surface area contributed by atoms with Crippen LogP contribution in [-0.2, 0) is 30.8 Å². The Morgan fingerprint density at radius 1 is 0.974 bits per heavy atom. The van der Waals surface area contributed by atoms with Crippen LogP contribution in [-0.4, -0.2) is 74.8 Å². The number of halogens is 1. The van der Waals surface area contributed by atoms with Gasteiger partial charge in [0.2, 0.25) is 5.95 Å². The third kappa shape index (κ3) is 5.95. The van der Waals surface area contributed by atoms with E-state index in [-0.39, 0.29) is 0 Å². The van der Waals surface area contributed by atoms with Gasteiger partial charge in [0, 0.05) is 48.9 Å². The Bertz CT molecular complexity index is 1410.